The Bertz CT molecular complexity index is 829. The van der Waals surface area contributed by atoms with Crippen molar-refractivity contribution in [2.75, 3.05) is 17.6 Å². The van der Waals surface area contributed by atoms with Gasteiger partial charge in [0, 0.05) is 23.2 Å². The van der Waals surface area contributed by atoms with Crippen LogP contribution >= 0.6 is 23.4 Å². The second-order valence-electron chi connectivity index (χ2n) is 8.86. The first-order valence-corrected chi connectivity index (χ1v) is 13.8. The van der Waals surface area contributed by atoms with Gasteiger partial charge in [-0.3, -0.25) is 9.59 Å². The number of halogens is 1. The number of anilines is 1. The van der Waals surface area contributed by atoms with Crippen molar-refractivity contribution in [2.24, 2.45) is 17.8 Å². The van der Waals surface area contributed by atoms with Crippen molar-refractivity contribution in [3.05, 3.63) is 66.2 Å². The molecule has 1 aromatic rings. The van der Waals surface area contributed by atoms with Gasteiger partial charge in [0.05, 0.1) is 11.0 Å². The summed E-state index contributed by atoms with van der Waals surface area (Å²) in [6.45, 7) is 8.99. The zero-order chi connectivity index (χ0) is 24.8. The molecule has 1 aromatic carbocycles. The van der Waals surface area contributed by atoms with Crippen molar-refractivity contribution >= 4 is 40.9 Å². The number of hydrogen-bond acceptors (Lipinski definition) is 3. The summed E-state index contributed by atoms with van der Waals surface area (Å²) in [6, 6.07) is 7.01. The fraction of sp³-hybridized carbons (Fsp3) is 0.500. The largest absolute Gasteiger partial charge is 0.355 e. The molecule has 0 aliphatic heterocycles. The molecule has 0 aromatic heterocycles. The van der Waals surface area contributed by atoms with Crippen molar-refractivity contribution in [1.82, 2.24) is 5.32 Å². The number of nitrogens with one attached hydrogen (secondary N) is 2. The van der Waals surface area contributed by atoms with Crippen LogP contribution in [-0.4, -0.2) is 29.4 Å². The Balaban J connectivity index is 1.97. The normalized spacial score (nSPS) is 20.2. The molecular formula is C28H39ClN2O2S. The summed E-state index contributed by atoms with van der Waals surface area (Å²) in [5.74, 6) is 1.24. The SMILES string of the molecule is C=CC(/C=C\C=C/CC)C(SCC(=O)NCC1CCC(CC)CC1)C(=O)Nc1ccc(Cl)cc1. The van der Waals surface area contributed by atoms with Crippen molar-refractivity contribution in [1.29, 1.82) is 0 Å². The smallest absolute Gasteiger partial charge is 0.238 e. The molecule has 1 fully saturated rings. The van der Waals surface area contributed by atoms with E-state index in [4.69, 9.17) is 11.6 Å². The monoisotopic (exact) mass is 502 g/mol. The minimum atomic E-state index is -0.481. The molecule has 2 unspecified atom stereocenters. The summed E-state index contributed by atoms with van der Waals surface area (Å²) in [7, 11) is 0. The maximum absolute atomic E-state index is 13.2. The van der Waals surface area contributed by atoms with Gasteiger partial charge in [-0.2, -0.15) is 0 Å². The van der Waals surface area contributed by atoms with Crippen LogP contribution in [0.4, 0.5) is 5.69 Å². The van der Waals surface area contributed by atoms with Crippen LogP contribution in [0.2, 0.25) is 5.02 Å². The topological polar surface area (TPSA) is 58.2 Å². The van der Waals surface area contributed by atoms with E-state index < -0.39 is 5.25 Å². The molecule has 1 aliphatic carbocycles. The van der Waals surface area contributed by atoms with E-state index in [0.717, 1.165) is 18.9 Å². The molecule has 186 valence electrons. The molecule has 2 amide bonds. The zero-order valence-electron chi connectivity index (χ0n) is 20.5. The van der Waals surface area contributed by atoms with E-state index in [2.05, 4.69) is 31.1 Å². The summed E-state index contributed by atoms with van der Waals surface area (Å²) in [6.07, 6.45) is 16.8. The zero-order valence-corrected chi connectivity index (χ0v) is 22.0. The average molecular weight is 503 g/mol. The van der Waals surface area contributed by atoms with Crippen LogP contribution in [0.3, 0.4) is 0 Å². The van der Waals surface area contributed by atoms with Gasteiger partial charge in [0.2, 0.25) is 11.8 Å². The predicted octanol–water partition coefficient (Wildman–Crippen LogP) is 7.04. The lowest BCUT2D eigenvalue weighted by Crippen LogP contribution is -2.35. The number of rotatable bonds is 13. The maximum atomic E-state index is 13.2. The van der Waals surface area contributed by atoms with Crippen LogP contribution < -0.4 is 10.6 Å². The summed E-state index contributed by atoms with van der Waals surface area (Å²) in [4.78, 5) is 25.8. The standard InChI is InChI=1S/C28H39ClN2O2S/c1-4-7-8-9-10-23(6-3)27(28(33)31-25-17-15-24(29)16-18-25)34-20-26(32)30-19-22-13-11-21(5-2)12-14-22/h6-10,15-18,21-23,27H,3-5,11-14,19-20H2,1-2H3,(H,30,32)(H,31,33)/b8-7-,10-9-. The minimum absolute atomic E-state index is 0.0235. The van der Waals surface area contributed by atoms with Crippen molar-refractivity contribution < 1.29 is 9.59 Å². The lowest BCUT2D eigenvalue weighted by Gasteiger charge is -2.28. The Morgan fingerprint density at radius 2 is 1.79 bits per heavy atom. The van der Waals surface area contributed by atoms with Crippen LogP contribution in [0.1, 0.15) is 52.4 Å². The van der Waals surface area contributed by atoms with Crippen LogP contribution in [0.5, 0.6) is 0 Å². The molecule has 0 saturated heterocycles. The number of hydrogen-bond donors (Lipinski definition) is 2. The van der Waals surface area contributed by atoms with Gasteiger partial charge in [0.1, 0.15) is 0 Å². The molecule has 1 saturated carbocycles. The van der Waals surface area contributed by atoms with Crippen LogP contribution in [0.15, 0.2) is 61.2 Å². The molecule has 2 N–H and O–H groups in total. The Morgan fingerprint density at radius 3 is 2.41 bits per heavy atom. The molecule has 2 atom stereocenters. The number of carbonyl (C=O) groups excluding carboxylic acids is 2. The van der Waals surface area contributed by atoms with Gasteiger partial charge in [-0.1, -0.05) is 75.1 Å². The number of thioether (sulfide) groups is 1. The maximum Gasteiger partial charge on any atom is 0.238 e. The van der Waals surface area contributed by atoms with Crippen LogP contribution in [-0.2, 0) is 9.59 Å². The first kappa shape index (κ1) is 28.3. The third-order valence-electron chi connectivity index (χ3n) is 6.33. The highest BCUT2D eigenvalue weighted by molar-refractivity contribution is 8.01. The fourth-order valence-corrected chi connectivity index (χ4v) is 5.33. The van der Waals surface area contributed by atoms with Gasteiger partial charge in [-0.05, 0) is 55.4 Å². The van der Waals surface area contributed by atoms with E-state index in [1.807, 2.05) is 24.3 Å². The molecular weight excluding hydrogens is 464 g/mol. The Labute approximate surface area is 214 Å². The quantitative estimate of drug-likeness (QED) is 0.224. The predicted molar refractivity (Wildman–Crippen MR) is 147 cm³/mol. The lowest BCUT2D eigenvalue weighted by molar-refractivity contribution is -0.118. The first-order valence-electron chi connectivity index (χ1n) is 12.4. The number of allylic oxidation sites excluding steroid dienone is 5. The Hall–Kier alpha value is -1.98. The molecule has 6 heteroatoms. The third-order valence-corrected chi connectivity index (χ3v) is 7.90. The molecule has 0 bridgehead atoms. The molecule has 4 nitrogen and oxygen atoms in total. The van der Waals surface area contributed by atoms with Crippen LogP contribution in [0.25, 0.3) is 0 Å². The van der Waals surface area contributed by atoms with Crippen molar-refractivity contribution in [3.63, 3.8) is 0 Å². The average Bonchev–Trinajstić information content (AvgIpc) is 2.85. The highest BCUT2D eigenvalue weighted by Crippen LogP contribution is 2.30. The fourth-order valence-electron chi connectivity index (χ4n) is 4.14. The van der Waals surface area contributed by atoms with Gasteiger partial charge in [-0.25, -0.2) is 0 Å². The first-order chi connectivity index (χ1) is 16.5. The number of benzene rings is 1. The van der Waals surface area contributed by atoms with Crippen molar-refractivity contribution in [2.45, 2.75) is 57.6 Å². The van der Waals surface area contributed by atoms with Gasteiger partial charge in [-0.15, -0.1) is 18.3 Å². The summed E-state index contributed by atoms with van der Waals surface area (Å²) in [5.41, 5.74) is 0.671. The highest BCUT2D eigenvalue weighted by Gasteiger charge is 2.27. The highest BCUT2D eigenvalue weighted by atomic mass is 35.5. The Morgan fingerprint density at radius 1 is 1.12 bits per heavy atom. The molecule has 1 aliphatic rings. The van der Waals surface area contributed by atoms with Crippen molar-refractivity contribution in [3.8, 4) is 0 Å². The molecule has 0 spiro atoms. The van der Waals surface area contributed by atoms with E-state index in [-0.39, 0.29) is 23.5 Å². The molecule has 0 radical (unpaired) electrons. The van der Waals surface area contributed by atoms with Gasteiger partial charge in [0.25, 0.3) is 0 Å². The lowest BCUT2D eigenvalue weighted by atomic mass is 9.81. The number of carbonyl (C=O) groups is 2. The molecule has 2 rings (SSSR count). The van der Waals surface area contributed by atoms with E-state index in [1.165, 1.54) is 43.9 Å². The van der Waals surface area contributed by atoms with E-state index in [1.54, 1.807) is 30.3 Å². The summed E-state index contributed by atoms with van der Waals surface area (Å²) >= 11 is 7.31. The third kappa shape index (κ3) is 10.1. The second kappa shape index (κ2) is 15.8. The molecule has 0 heterocycles. The Kier molecular flexibility index (Phi) is 13.2. The summed E-state index contributed by atoms with van der Waals surface area (Å²) in [5, 5.41) is 6.17. The molecule has 34 heavy (non-hydrogen) atoms. The second-order valence-corrected chi connectivity index (χ2v) is 10.4. The van der Waals surface area contributed by atoms with Gasteiger partial charge >= 0.3 is 0 Å². The minimum Gasteiger partial charge on any atom is -0.355 e. The van der Waals surface area contributed by atoms with E-state index >= 15 is 0 Å². The number of amides is 2. The summed E-state index contributed by atoms with van der Waals surface area (Å²) < 4.78 is 0. The van der Waals surface area contributed by atoms with Gasteiger partial charge in [0.15, 0.2) is 0 Å². The van der Waals surface area contributed by atoms with Crippen LogP contribution in [0, 0.1) is 17.8 Å². The van der Waals surface area contributed by atoms with E-state index in [0.29, 0.717) is 16.6 Å². The van der Waals surface area contributed by atoms with E-state index in [9.17, 15) is 9.59 Å². The van der Waals surface area contributed by atoms with Gasteiger partial charge < -0.3 is 10.6 Å².